The number of aromatic nitrogens is 6. The molecule has 2 fully saturated rings. The molecule has 240 valence electrons. The number of alkyl carbamates (subject to hydrolysis) is 1. The number of H-pyrrole nitrogens is 2. The largest absolute Gasteiger partial charge is 0.453 e. The lowest BCUT2D eigenvalue weighted by molar-refractivity contribution is 0.165. The molecular weight excluding hydrogens is 590 g/mol. The van der Waals surface area contributed by atoms with Gasteiger partial charge in [-0.1, -0.05) is 61.2 Å². The van der Waals surface area contributed by atoms with Gasteiger partial charge in [0.1, 0.15) is 11.6 Å². The fourth-order valence-electron chi connectivity index (χ4n) is 6.72. The van der Waals surface area contributed by atoms with E-state index in [1.807, 2.05) is 67.3 Å². The highest BCUT2D eigenvalue weighted by atomic mass is 16.5. The third kappa shape index (κ3) is 6.26. The van der Waals surface area contributed by atoms with Crippen molar-refractivity contribution in [3.8, 4) is 33.9 Å². The fourth-order valence-corrected chi connectivity index (χ4v) is 6.72. The number of benzene rings is 2. The molecular formula is C36H39N9O2. The van der Waals surface area contributed by atoms with E-state index in [2.05, 4.69) is 65.8 Å². The van der Waals surface area contributed by atoms with Gasteiger partial charge in [0, 0.05) is 35.8 Å². The average molecular weight is 630 g/mol. The quantitative estimate of drug-likeness (QED) is 0.170. The van der Waals surface area contributed by atoms with E-state index in [0.717, 1.165) is 83.3 Å². The summed E-state index contributed by atoms with van der Waals surface area (Å²) in [6.07, 6.45) is 11.1. The van der Waals surface area contributed by atoms with Gasteiger partial charge in [0.2, 0.25) is 0 Å². The maximum Gasteiger partial charge on any atom is 0.407 e. The van der Waals surface area contributed by atoms with Crippen LogP contribution in [0.25, 0.3) is 33.9 Å². The normalized spacial score (nSPS) is 18.7. The summed E-state index contributed by atoms with van der Waals surface area (Å²) in [5, 5.41) is 2.95. The molecule has 5 heterocycles. The molecule has 47 heavy (non-hydrogen) atoms. The Morgan fingerprint density at radius 1 is 0.830 bits per heavy atom. The molecule has 0 unspecified atom stereocenters. The second-order valence-electron chi connectivity index (χ2n) is 12.2. The van der Waals surface area contributed by atoms with Gasteiger partial charge in [0.05, 0.1) is 49.0 Å². The monoisotopic (exact) mass is 629 g/mol. The zero-order valence-corrected chi connectivity index (χ0v) is 26.7. The van der Waals surface area contributed by atoms with Crippen LogP contribution >= 0.6 is 0 Å². The van der Waals surface area contributed by atoms with Crippen molar-refractivity contribution in [2.45, 2.75) is 43.8 Å². The third-order valence-corrected chi connectivity index (χ3v) is 9.30. The topological polar surface area (TPSA) is 128 Å². The zero-order valence-electron chi connectivity index (χ0n) is 26.7. The second-order valence-corrected chi connectivity index (χ2v) is 12.2. The van der Waals surface area contributed by atoms with E-state index in [0.29, 0.717) is 11.9 Å². The summed E-state index contributed by atoms with van der Waals surface area (Å²) in [5.41, 5.74) is 6.44. The highest BCUT2D eigenvalue weighted by molar-refractivity contribution is 5.68. The summed E-state index contributed by atoms with van der Waals surface area (Å²) in [6.45, 7) is 6.33. The fraction of sp³-hybridized carbons (Fsp3) is 0.306. The zero-order chi connectivity index (χ0) is 32.3. The Morgan fingerprint density at radius 2 is 1.45 bits per heavy atom. The molecule has 1 amide bonds. The number of nitrogens with one attached hydrogen (secondary N) is 3. The number of ether oxygens (including phenoxy) is 1. The van der Waals surface area contributed by atoms with E-state index in [9.17, 15) is 4.79 Å². The molecule has 3 aromatic heterocycles. The van der Waals surface area contributed by atoms with E-state index < -0.39 is 12.1 Å². The standard InChI is InChI=1S/C36H39N9O2/c1-23(32(43-36(46)47-3)25-9-5-4-6-10-25)45-18-8-12-31(45)35-40-22-29(42-35)27-19-37-33(38-20-27)26-15-13-24(14-16-26)28-21-39-34(41-28)30-11-7-17-44(30)2/h4-6,9-10,13-16,19-22,30-32H,1,7-8,11-12,17-18H2,2-3H3,(H,39,41)(H,40,42)(H,43,46)/t30-,31-,32-/m0/s1. The van der Waals surface area contributed by atoms with Crippen molar-refractivity contribution >= 4 is 6.09 Å². The summed E-state index contributed by atoms with van der Waals surface area (Å²) < 4.78 is 4.91. The van der Waals surface area contributed by atoms with E-state index in [4.69, 9.17) is 9.72 Å². The maximum absolute atomic E-state index is 12.2. The van der Waals surface area contributed by atoms with Crippen LogP contribution in [0.5, 0.6) is 0 Å². The van der Waals surface area contributed by atoms with Gasteiger partial charge in [-0.15, -0.1) is 0 Å². The number of hydrogen-bond donors (Lipinski definition) is 3. The summed E-state index contributed by atoms with van der Waals surface area (Å²) in [4.78, 5) is 42.6. The molecule has 2 aliphatic rings. The Bertz CT molecular complexity index is 1830. The van der Waals surface area contributed by atoms with Crippen molar-refractivity contribution in [3.63, 3.8) is 0 Å². The lowest BCUT2D eigenvalue weighted by Crippen LogP contribution is -2.36. The second kappa shape index (κ2) is 13.2. The molecule has 11 heteroatoms. The first-order valence-electron chi connectivity index (χ1n) is 16.1. The number of likely N-dealkylation sites (tertiary alicyclic amines) is 2. The summed E-state index contributed by atoms with van der Waals surface area (Å²) in [5.74, 6) is 2.52. The summed E-state index contributed by atoms with van der Waals surface area (Å²) >= 11 is 0. The first kappa shape index (κ1) is 30.4. The van der Waals surface area contributed by atoms with E-state index in [1.54, 1.807) is 0 Å². The van der Waals surface area contributed by atoms with Crippen molar-refractivity contribution < 1.29 is 9.53 Å². The first-order chi connectivity index (χ1) is 23.0. The smallest absolute Gasteiger partial charge is 0.407 e. The van der Waals surface area contributed by atoms with E-state index >= 15 is 0 Å². The highest BCUT2D eigenvalue weighted by Crippen LogP contribution is 2.38. The van der Waals surface area contributed by atoms with Crippen molar-refractivity contribution in [1.82, 2.24) is 45.0 Å². The van der Waals surface area contributed by atoms with Crippen LogP contribution < -0.4 is 5.32 Å². The number of rotatable bonds is 9. The van der Waals surface area contributed by atoms with Gasteiger partial charge in [0.15, 0.2) is 5.82 Å². The molecule has 0 radical (unpaired) electrons. The molecule has 11 nitrogen and oxygen atoms in total. The van der Waals surface area contributed by atoms with Gasteiger partial charge in [-0.2, -0.15) is 0 Å². The van der Waals surface area contributed by atoms with Gasteiger partial charge in [-0.05, 0) is 50.4 Å². The molecule has 2 aromatic carbocycles. The molecule has 0 aliphatic carbocycles. The minimum atomic E-state index is -0.505. The van der Waals surface area contributed by atoms with Crippen LogP contribution in [-0.2, 0) is 4.74 Å². The molecule has 0 spiro atoms. The first-order valence-corrected chi connectivity index (χ1v) is 16.1. The van der Waals surface area contributed by atoms with Gasteiger partial charge in [-0.25, -0.2) is 24.7 Å². The number of carbonyl (C=O) groups excluding carboxylic acids is 1. The van der Waals surface area contributed by atoms with Crippen LogP contribution in [0.3, 0.4) is 0 Å². The SMILES string of the molecule is C=C([C@H](NC(=O)OC)c1ccccc1)N1CCC[C@H]1c1ncc(-c2cnc(-c3ccc(-c4cnc([C@@H]5CCCN5C)[nH]4)cc3)nc2)[nH]1. The van der Waals surface area contributed by atoms with Crippen LogP contribution in [-0.4, -0.2) is 73.0 Å². The van der Waals surface area contributed by atoms with Gasteiger partial charge in [0.25, 0.3) is 0 Å². The lowest BCUT2D eigenvalue weighted by atomic mass is 10.0. The van der Waals surface area contributed by atoms with Gasteiger partial charge in [-0.3, -0.25) is 4.90 Å². The van der Waals surface area contributed by atoms with Crippen LogP contribution in [0, 0.1) is 0 Å². The Labute approximate surface area is 274 Å². The van der Waals surface area contributed by atoms with E-state index in [1.165, 1.54) is 13.5 Å². The number of imidazole rings is 2. The number of methoxy groups -OCH3 is 1. The number of amides is 1. The van der Waals surface area contributed by atoms with Crippen LogP contribution in [0.2, 0.25) is 0 Å². The average Bonchev–Trinajstić information content (AvgIpc) is 3.94. The number of nitrogens with zero attached hydrogens (tertiary/aromatic N) is 6. The molecule has 3 N–H and O–H groups in total. The Morgan fingerprint density at radius 3 is 2.11 bits per heavy atom. The van der Waals surface area contributed by atoms with Gasteiger partial charge >= 0.3 is 6.09 Å². The molecule has 0 bridgehead atoms. The predicted molar refractivity (Wildman–Crippen MR) is 180 cm³/mol. The van der Waals surface area contributed by atoms with Crippen molar-refractivity contribution in [2.75, 3.05) is 27.2 Å². The summed E-state index contributed by atoms with van der Waals surface area (Å²) in [7, 11) is 3.52. The molecule has 7 rings (SSSR count). The molecule has 5 aromatic rings. The van der Waals surface area contributed by atoms with Crippen LogP contribution in [0.15, 0.2) is 91.7 Å². The minimum absolute atomic E-state index is 0.00867. The Balaban J connectivity index is 1.04. The molecule has 0 saturated carbocycles. The number of aromatic amines is 2. The predicted octanol–water partition coefficient (Wildman–Crippen LogP) is 6.44. The van der Waals surface area contributed by atoms with Crippen molar-refractivity contribution in [3.05, 3.63) is 109 Å². The van der Waals surface area contributed by atoms with Gasteiger partial charge < -0.3 is 24.9 Å². The van der Waals surface area contributed by atoms with Crippen molar-refractivity contribution in [2.24, 2.45) is 0 Å². The third-order valence-electron chi connectivity index (χ3n) is 9.30. The number of hydrogen-bond acceptors (Lipinski definition) is 8. The Kier molecular flexibility index (Phi) is 8.54. The molecule has 2 saturated heterocycles. The number of carbonyl (C=O) groups is 1. The summed E-state index contributed by atoms with van der Waals surface area (Å²) in [6, 6.07) is 18.0. The van der Waals surface area contributed by atoms with Crippen LogP contribution in [0.1, 0.15) is 61.0 Å². The maximum atomic E-state index is 12.2. The lowest BCUT2D eigenvalue weighted by Gasteiger charge is -2.32. The van der Waals surface area contributed by atoms with Crippen LogP contribution in [0.4, 0.5) is 4.79 Å². The van der Waals surface area contributed by atoms with E-state index in [-0.39, 0.29) is 6.04 Å². The highest BCUT2D eigenvalue weighted by Gasteiger charge is 2.33. The Hall–Kier alpha value is -5.29. The molecule has 3 atom stereocenters. The molecule has 2 aliphatic heterocycles. The van der Waals surface area contributed by atoms with Crippen molar-refractivity contribution in [1.29, 1.82) is 0 Å². The minimum Gasteiger partial charge on any atom is -0.453 e.